The quantitative estimate of drug-likeness (QED) is 0.506. The maximum absolute atomic E-state index is 2.59. The number of aromatic nitrogens is 1. The molecule has 0 aliphatic rings. The van der Waals surface area contributed by atoms with Gasteiger partial charge in [-0.3, -0.25) is 0 Å². The lowest BCUT2D eigenvalue weighted by Gasteiger charge is -2.14. The van der Waals surface area contributed by atoms with E-state index in [1.165, 1.54) is 61.8 Å². The van der Waals surface area contributed by atoms with E-state index < -0.39 is 0 Å². The first-order chi connectivity index (χ1) is 10.8. The van der Waals surface area contributed by atoms with Crippen molar-refractivity contribution >= 4 is 0 Å². The summed E-state index contributed by atoms with van der Waals surface area (Å²) >= 11 is 0. The molecule has 0 aliphatic heterocycles. The van der Waals surface area contributed by atoms with Gasteiger partial charge in [0.25, 0.3) is 0 Å². The van der Waals surface area contributed by atoms with Crippen LogP contribution in [0.15, 0.2) is 36.4 Å². The average Bonchev–Trinajstić information content (AvgIpc) is 2.82. The van der Waals surface area contributed by atoms with Crippen molar-refractivity contribution in [2.45, 2.75) is 72.3 Å². The van der Waals surface area contributed by atoms with Crippen molar-refractivity contribution in [2.24, 2.45) is 0 Å². The molecule has 0 bridgehead atoms. The third-order valence-corrected chi connectivity index (χ3v) is 4.50. The molecule has 0 spiro atoms. The Morgan fingerprint density at radius 3 is 2.27 bits per heavy atom. The van der Waals surface area contributed by atoms with E-state index in [0.29, 0.717) is 0 Å². The Morgan fingerprint density at radius 1 is 0.864 bits per heavy atom. The minimum absolute atomic E-state index is 1.02. The number of rotatable bonds is 9. The molecular weight excluding hydrogens is 266 g/mol. The molecule has 0 fully saturated rings. The van der Waals surface area contributed by atoms with Gasteiger partial charge < -0.3 is 4.57 Å². The standard InChI is InChI=1S/C21H31N/c1-4-6-9-15-21-18(3)16-20(14-7-5-2)22(21)17-19-12-10-8-11-13-19/h8,10-13,16H,4-7,9,14-15,17H2,1-3H3. The van der Waals surface area contributed by atoms with Crippen molar-refractivity contribution < 1.29 is 0 Å². The summed E-state index contributed by atoms with van der Waals surface area (Å²) in [6.45, 7) is 7.87. The molecule has 1 heteroatoms. The Morgan fingerprint density at radius 2 is 1.59 bits per heavy atom. The molecule has 1 heterocycles. The molecular formula is C21H31N. The minimum Gasteiger partial charge on any atom is -0.344 e. The summed E-state index contributed by atoms with van der Waals surface area (Å²) in [4.78, 5) is 0. The zero-order chi connectivity index (χ0) is 15.8. The van der Waals surface area contributed by atoms with Gasteiger partial charge in [0.2, 0.25) is 0 Å². The average molecular weight is 297 g/mol. The van der Waals surface area contributed by atoms with Crippen LogP contribution in [0, 0.1) is 6.92 Å². The zero-order valence-corrected chi connectivity index (χ0v) is 14.6. The Balaban J connectivity index is 2.24. The van der Waals surface area contributed by atoms with Crippen LogP contribution in [-0.4, -0.2) is 4.57 Å². The summed E-state index contributed by atoms with van der Waals surface area (Å²) < 4.78 is 2.59. The Bertz CT molecular complexity index is 551. The summed E-state index contributed by atoms with van der Waals surface area (Å²) in [6, 6.07) is 13.3. The highest BCUT2D eigenvalue weighted by Gasteiger charge is 2.12. The maximum atomic E-state index is 2.59. The minimum atomic E-state index is 1.02. The third-order valence-electron chi connectivity index (χ3n) is 4.50. The fraction of sp³-hybridized carbons (Fsp3) is 0.524. The van der Waals surface area contributed by atoms with Crippen molar-refractivity contribution in [3.8, 4) is 0 Å². The molecule has 0 aliphatic carbocycles. The van der Waals surface area contributed by atoms with Gasteiger partial charge in [-0.1, -0.05) is 63.4 Å². The molecule has 0 saturated heterocycles. The number of unbranched alkanes of at least 4 members (excludes halogenated alkanes) is 3. The first-order valence-electron chi connectivity index (χ1n) is 8.98. The third kappa shape index (κ3) is 4.50. The van der Waals surface area contributed by atoms with Crippen LogP contribution in [0.25, 0.3) is 0 Å². The van der Waals surface area contributed by atoms with Crippen LogP contribution in [-0.2, 0) is 19.4 Å². The Hall–Kier alpha value is -1.50. The highest BCUT2D eigenvalue weighted by atomic mass is 15.0. The fourth-order valence-electron chi connectivity index (χ4n) is 3.20. The van der Waals surface area contributed by atoms with Gasteiger partial charge in [-0.15, -0.1) is 0 Å². The molecule has 1 aromatic carbocycles. The smallest absolute Gasteiger partial charge is 0.0475 e. The van der Waals surface area contributed by atoms with Crippen molar-refractivity contribution in [1.82, 2.24) is 4.57 Å². The second-order valence-electron chi connectivity index (χ2n) is 6.40. The number of nitrogens with zero attached hydrogens (tertiary/aromatic N) is 1. The number of aryl methyl sites for hydroxylation is 2. The van der Waals surface area contributed by atoms with Crippen molar-refractivity contribution in [1.29, 1.82) is 0 Å². The number of hydrogen-bond acceptors (Lipinski definition) is 0. The second kappa shape index (κ2) is 8.82. The van der Waals surface area contributed by atoms with Gasteiger partial charge in [0.15, 0.2) is 0 Å². The number of benzene rings is 1. The van der Waals surface area contributed by atoms with Crippen molar-refractivity contribution in [3.05, 3.63) is 58.9 Å². The Labute approximate surface area is 136 Å². The predicted octanol–water partition coefficient (Wildman–Crippen LogP) is 5.92. The highest BCUT2D eigenvalue weighted by Crippen LogP contribution is 2.21. The Kier molecular flexibility index (Phi) is 6.76. The fourth-order valence-corrected chi connectivity index (χ4v) is 3.20. The normalized spacial score (nSPS) is 11.0. The van der Waals surface area contributed by atoms with E-state index in [0.717, 1.165) is 6.54 Å². The van der Waals surface area contributed by atoms with E-state index in [1.54, 1.807) is 5.69 Å². The lowest BCUT2D eigenvalue weighted by atomic mass is 10.1. The molecule has 0 atom stereocenters. The largest absolute Gasteiger partial charge is 0.344 e. The molecule has 2 rings (SSSR count). The topological polar surface area (TPSA) is 4.93 Å². The summed E-state index contributed by atoms with van der Waals surface area (Å²) in [5, 5.41) is 0. The van der Waals surface area contributed by atoms with Gasteiger partial charge in [0, 0.05) is 17.9 Å². The lowest BCUT2D eigenvalue weighted by Crippen LogP contribution is -2.09. The van der Waals surface area contributed by atoms with Gasteiger partial charge >= 0.3 is 0 Å². The van der Waals surface area contributed by atoms with Crippen LogP contribution in [0.1, 0.15) is 68.5 Å². The van der Waals surface area contributed by atoms with Crippen LogP contribution >= 0.6 is 0 Å². The molecule has 2 aromatic rings. The van der Waals surface area contributed by atoms with Crippen molar-refractivity contribution in [2.75, 3.05) is 0 Å². The van der Waals surface area contributed by atoms with E-state index in [4.69, 9.17) is 0 Å². The summed E-state index contributed by atoms with van der Waals surface area (Å²) in [5.41, 5.74) is 5.98. The molecule has 0 unspecified atom stereocenters. The van der Waals surface area contributed by atoms with Crippen LogP contribution in [0.4, 0.5) is 0 Å². The van der Waals surface area contributed by atoms with E-state index in [-0.39, 0.29) is 0 Å². The van der Waals surface area contributed by atoms with Crippen molar-refractivity contribution in [3.63, 3.8) is 0 Å². The van der Waals surface area contributed by atoms with E-state index in [9.17, 15) is 0 Å². The monoisotopic (exact) mass is 297 g/mol. The molecule has 0 amide bonds. The second-order valence-corrected chi connectivity index (χ2v) is 6.40. The van der Waals surface area contributed by atoms with Crippen LogP contribution in [0.3, 0.4) is 0 Å². The van der Waals surface area contributed by atoms with E-state index in [2.05, 4.69) is 61.7 Å². The van der Waals surface area contributed by atoms with E-state index >= 15 is 0 Å². The van der Waals surface area contributed by atoms with Crippen LogP contribution in [0.2, 0.25) is 0 Å². The summed E-state index contributed by atoms with van der Waals surface area (Å²) in [5.74, 6) is 0. The van der Waals surface area contributed by atoms with Gasteiger partial charge in [0.05, 0.1) is 0 Å². The maximum Gasteiger partial charge on any atom is 0.0475 e. The van der Waals surface area contributed by atoms with Gasteiger partial charge in [-0.05, 0) is 49.8 Å². The molecule has 0 radical (unpaired) electrons. The first-order valence-corrected chi connectivity index (χ1v) is 8.98. The molecule has 120 valence electrons. The van der Waals surface area contributed by atoms with Gasteiger partial charge in [-0.2, -0.15) is 0 Å². The molecule has 22 heavy (non-hydrogen) atoms. The van der Waals surface area contributed by atoms with E-state index in [1.807, 2.05) is 0 Å². The molecule has 1 aromatic heterocycles. The number of hydrogen-bond donors (Lipinski definition) is 0. The van der Waals surface area contributed by atoms with Gasteiger partial charge in [-0.25, -0.2) is 0 Å². The SMILES string of the molecule is CCCCCc1c(C)cc(CCCC)n1Cc1ccccc1. The van der Waals surface area contributed by atoms with Gasteiger partial charge in [0.1, 0.15) is 0 Å². The lowest BCUT2D eigenvalue weighted by molar-refractivity contribution is 0.635. The molecule has 1 nitrogen and oxygen atoms in total. The molecule has 0 saturated carbocycles. The van der Waals surface area contributed by atoms with Crippen LogP contribution in [0.5, 0.6) is 0 Å². The van der Waals surface area contributed by atoms with Crippen LogP contribution < -0.4 is 0 Å². The highest BCUT2D eigenvalue weighted by molar-refractivity contribution is 5.29. The summed E-state index contributed by atoms with van der Waals surface area (Å²) in [6.07, 6.45) is 8.91. The zero-order valence-electron chi connectivity index (χ0n) is 14.6. The molecule has 0 N–H and O–H groups in total. The predicted molar refractivity (Wildman–Crippen MR) is 96.6 cm³/mol. The summed E-state index contributed by atoms with van der Waals surface area (Å²) in [7, 11) is 0. The first kappa shape index (κ1) is 16.9.